The maximum Gasteiger partial charge on any atom is 0.191 e. The molecule has 148 valence electrons. The van der Waals surface area contributed by atoms with Crippen LogP contribution in [0.5, 0.6) is 0 Å². The van der Waals surface area contributed by atoms with Gasteiger partial charge in [0.1, 0.15) is 5.82 Å². The molecule has 0 radical (unpaired) electrons. The maximum absolute atomic E-state index is 13.5. The van der Waals surface area contributed by atoms with Gasteiger partial charge in [-0.15, -0.1) is 24.0 Å². The maximum atomic E-state index is 13.5. The van der Waals surface area contributed by atoms with Crippen molar-refractivity contribution in [2.45, 2.75) is 18.7 Å². The van der Waals surface area contributed by atoms with Crippen LogP contribution in [-0.2, 0) is 28.6 Å². The first-order chi connectivity index (χ1) is 12.4. The Labute approximate surface area is 176 Å². The van der Waals surface area contributed by atoms with E-state index in [4.69, 9.17) is 0 Å². The van der Waals surface area contributed by atoms with Gasteiger partial charge in [-0.05, 0) is 41.3 Å². The van der Waals surface area contributed by atoms with Gasteiger partial charge in [-0.25, -0.2) is 12.8 Å². The highest BCUT2D eigenvalue weighted by molar-refractivity contribution is 14.0. The fraction of sp³-hybridized carbons (Fsp3) is 0.333. The molecule has 0 spiro atoms. The van der Waals surface area contributed by atoms with E-state index in [2.05, 4.69) is 20.6 Å². The Kier molecular flexibility index (Phi) is 9.64. The second-order valence-electron chi connectivity index (χ2n) is 5.95. The molecule has 0 amide bonds. The number of guanidine groups is 1. The van der Waals surface area contributed by atoms with Crippen LogP contribution in [0.1, 0.15) is 16.7 Å². The predicted octanol–water partition coefficient (Wildman–Crippen LogP) is 2.29. The van der Waals surface area contributed by atoms with Crippen LogP contribution in [0.25, 0.3) is 0 Å². The number of rotatable bonds is 7. The number of aliphatic imine (C=N–C) groups is 1. The smallest absolute Gasteiger partial charge is 0.191 e. The molecule has 1 heterocycles. The van der Waals surface area contributed by atoms with Crippen molar-refractivity contribution in [2.75, 3.05) is 19.8 Å². The van der Waals surface area contributed by atoms with Crippen LogP contribution in [0.15, 0.2) is 47.7 Å². The highest BCUT2D eigenvalue weighted by Gasteiger charge is 2.11. The molecule has 0 aliphatic carbocycles. The van der Waals surface area contributed by atoms with Gasteiger partial charge in [0.25, 0.3) is 0 Å². The standard InChI is InChI=1S/C18H23FN4O2S.HI/c1-20-18(22-9-7-14-4-3-8-21-11-14)23-12-16-10-17(19)6-5-15(16)13-26(2,24)25;/h3-6,8,10-11H,7,9,12-13H2,1-2H3,(H2,20,22,23);1H. The van der Waals surface area contributed by atoms with Crippen LogP contribution in [-0.4, -0.2) is 39.2 Å². The summed E-state index contributed by atoms with van der Waals surface area (Å²) in [6, 6.07) is 8.00. The minimum absolute atomic E-state index is 0. The minimum Gasteiger partial charge on any atom is -0.356 e. The number of sulfone groups is 1. The van der Waals surface area contributed by atoms with Crippen LogP contribution in [0, 0.1) is 5.82 Å². The van der Waals surface area contributed by atoms with Gasteiger partial charge in [0, 0.05) is 38.8 Å². The molecule has 27 heavy (non-hydrogen) atoms. The van der Waals surface area contributed by atoms with Crippen molar-refractivity contribution < 1.29 is 12.8 Å². The number of hydrogen-bond donors (Lipinski definition) is 2. The van der Waals surface area contributed by atoms with E-state index in [0.29, 0.717) is 23.6 Å². The van der Waals surface area contributed by atoms with Crippen LogP contribution in [0.2, 0.25) is 0 Å². The summed E-state index contributed by atoms with van der Waals surface area (Å²) in [6.45, 7) is 0.930. The van der Waals surface area contributed by atoms with Crippen molar-refractivity contribution in [3.8, 4) is 0 Å². The summed E-state index contributed by atoms with van der Waals surface area (Å²) in [7, 11) is -1.56. The third kappa shape index (κ3) is 8.65. The zero-order chi connectivity index (χ0) is 19.0. The molecule has 2 rings (SSSR count). The average Bonchev–Trinajstić information content (AvgIpc) is 2.60. The first kappa shape index (κ1) is 23.3. The fourth-order valence-corrected chi connectivity index (χ4v) is 3.30. The van der Waals surface area contributed by atoms with Crippen molar-refractivity contribution >= 4 is 39.8 Å². The Balaban J connectivity index is 0.00000364. The average molecular weight is 506 g/mol. The van der Waals surface area contributed by atoms with Gasteiger partial charge in [-0.1, -0.05) is 12.1 Å². The largest absolute Gasteiger partial charge is 0.356 e. The SMILES string of the molecule is CN=C(NCCc1cccnc1)NCc1cc(F)ccc1CS(C)(=O)=O.I. The second-order valence-corrected chi connectivity index (χ2v) is 8.09. The van der Waals surface area contributed by atoms with E-state index < -0.39 is 15.7 Å². The van der Waals surface area contributed by atoms with Gasteiger partial charge in [0.05, 0.1) is 5.75 Å². The van der Waals surface area contributed by atoms with E-state index in [1.807, 2.05) is 18.3 Å². The topological polar surface area (TPSA) is 83.4 Å². The summed E-state index contributed by atoms with van der Waals surface area (Å²) in [6.07, 6.45) is 5.48. The molecule has 2 aromatic rings. The quantitative estimate of drug-likeness (QED) is 0.342. The molecule has 0 saturated heterocycles. The third-order valence-electron chi connectivity index (χ3n) is 3.68. The zero-order valence-corrected chi connectivity index (χ0v) is 18.4. The number of pyridine rings is 1. The van der Waals surface area contributed by atoms with Crippen LogP contribution in [0.4, 0.5) is 4.39 Å². The molecule has 0 unspecified atom stereocenters. The Morgan fingerprint density at radius 2 is 2.00 bits per heavy atom. The Bertz CT molecular complexity index is 861. The summed E-state index contributed by atoms with van der Waals surface area (Å²) in [5.74, 6) is 0.0270. The molecule has 0 fully saturated rings. The van der Waals surface area contributed by atoms with E-state index in [1.165, 1.54) is 18.2 Å². The molecule has 9 heteroatoms. The molecular formula is C18H24FIN4O2S. The lowest BCUT2D eigenvalue weighted by atomic mass is 10.1. The number of hydrogen-bond acceptors (Lipinski definition) is 4. The van der Waals surface area contributed by atoms with Crippen molar-refractivity contribution in [3.63, 3.8) is 0 Å². The lowest BCUT2D eigenvalue weighted by Gasteiger charge is -2.14. The third-order valence-corrected chi connectivity index (χ3v) is 4.52. The van der Waals surface area contributed by atoms with Crippen LogP contribution in [0.3, 0.4) is 0 Å². The number of nitrogens with zero attached hydrogens (tertiary/aromatic N) is 2. The molecule has 1 aromatic carbocycles. The zero-order valence-electron chi connectivity index (χ0n) is 15.3. The molecule has 1 aromatic heterocycles. The monoisotopic (exact) mass is 506 g/mol. The molecule has 6 nitrogen and oxygen atoms in total. The number of nitrogens with one attached hydrogen (secondary N) is 2. The lowest BCUT2D eigenvalue weighted by molar-refractivity contribution is 0.599. The second kappa shape index (κ2) is 11.2. The van der Waals surface area contributed by atoms with Gasteiger partial charge in [-0.2, -0.15) is 0 Å². The van der Waals surface area contributed by atoms with Crippen molar-refractivity contribution in [3.05, 3.63) is 65.2 Å². The van der Waals surface area contributed by atoms with Crippen LogP contribution < -0.4 is 10.6 Å². The lowest BCUT2D eigenvalue weighted by Crippen LogP contribution is -2.38. The summed E-state index contributed by atoms with van der Waals surface area (Å²) in [5, 5.41) is 6.26. The van der Waals surface area contributed by atoms with Crippen molar-refractivity contribution in [1.29, 1.82) is 0 Å². The van der Waals surface area contributed by atoms with E-state index >= 15 is 0 Å². The van der Waals surface area contributed by atoms with E-state index in [9.17, 15) is 12.8 Å². The first-order valence-electron chi connectivity index (χ1n) is 8.16. The van der Waals surface area contributed by atoms with Crippen molar-refractivity contribution in [2.24, 2.45) is 4.99 Å². The van der Waals surface area contributed by atoms with Gasteiger partial charge >= 0.3 is 0 Å². The molecule has 0 bridgehead atoms. The molecule has 0 saturated carbocycles. The minimum atomic E-state index is -3.20. The van der Waals surface area contributed by atoms with E-state index in [0.717, 1.165) is 18.2 Å². The van der Waals surface area contributed by atoms with E-state index in [1.54, 1.807) is 13.2 Å². The van der Waals surface area contributed by atoms with Crippen LogP contribution >= 0.6 is 24.0 Å². The highest BCUT2D eigenvalue weighted by atomic mass is 127. The summed E-state index contributed by atoms with van der Waals surface area (Å²) < 4.78 is 36.7. The van der Waals surface area contributed by atoms with E-state index in [-0.39, 0.29) is 36.3 Å². The van der Waals surface area contributed by atoms with Gasteiger partial charge in [0.2, 0.25) is 0 Å². The fourth-order valence-electron chi connectivity index (χ4n) is 2.45. The van der Waals surface area contributed by atoms with Gasteiger partial charge < -0.3 is 10.6 Å². The summed E-state index contributed by atoms with van der Waals surface area (Å²) in [5.41, 5.74) is 2.27. The molecule has 0 atom stereocenters. The number of benzene rings is 1. The number of halogens is 2. The molecule has 0 aliphatic rings. The highest BCUT2D eigenvalue weighted by Crippen LogP contribution is 2.14. The Morgan fingerprint density at radius 1 is 1.22 bits per heavy atom. The molecule has 2 N–H and O–H groups in total. The molecule has 0 aliphatic heterocycles. The van der Waals surface area contributed by atoms with Gasteiger partial charge in [0.15, 0.2) is 15.8 Å². The summed E-state index contributed by atoms with van der Waals surface area (Å²) >= 11 is 0. The predicted molar refractivity (Wildman–Crippen MR) is 117 cm³/mol. The summed E-state index contributed by atoms with van der Waals surface area (Å²) in [4.78, 5) is 8.20. The Morgan fingerprint density at radius 3 is 2.63 bits per heavy atom. The van der Waals surface area contributed by atoms with Crippen molar-refractivity contribution in [1.82, 2.24) is 15.6 Å². The number of aromatic nitrogens is 1. The Hall–Kier alpha value is -1.75. The molecular weight excluding hydrogens is 482 g/mol. The normalized spacial score (nSPS) is 11.6. The van der Waals surface area contributed by atoms with Gasteiger partial charge in [-0.3, -0.25) is 9.98 Å². The first-order valence-corrected chi connectivity index (χ1v) is 10.2.